The Kier molecular flexibility index (Phi) is 3.30. The number of anilines is 1. The van der Waals surface area contributed by atoms with Crippen molar-refractivity contribution in [2.45, 2.75) is 37.9 Å². The quantitative estimate of drug-likeness (QED) is 0.878. The highest BCUT2D eigenvalue weighted by molar-refractivity contribution is 5.97. The highest BCUT2D eigenvalue weighted by Gasteiger charge is 2.42. The Morgan fingerprint density at radius 3 is 2.24 bits per heavy atom. The first-order valence-corrected chi connectivity index (χ1v) is 7.01. The number of alkyl halides is 3. The van der Waals surface area contributed by atoms with Crippen LogP contribution in [0.2, 0.25) is 0 Å². The van der Waals surface area contributed by atoms with Crippen molar-refractivity contribution >= 4 is 11.7 Å². The highest BCUT2D eigenvalue weighted by Crippen LogP contribution is 2.46. The predicted molar refractivity (Wildman–Crippen MR) is 70.6 cm³/mol. The molecular weight excluding hydrogens is 283 g/mol. The minimum Gasteiger partial charge on any atom is -0.366 e. The standard InChI is InChI=1S/C14H16F3N3O/c15-14(16,17)10-6-5-9(12(18)21)13(19-10)20-11(7-1-2-7)8-3-4-8/h5-8,11H,1-4H2,(H2,18,21)(H,19,20). The Morgan fingerprint density at radius 2 is 1.81 bits per heavy atom. The maximum atomic E-state index is 12.8. The van der Waals surface area contributed by atoms with Crippen LogP contribution in [-0.2, 0) is 6.18 Å². The van der Waals surface area contributed by atoms with E-state index in [9.17, 15) is 18.0 Å². The van der Waals surface area contributed by atoms with Crippen LogP contribution in [0.4, 0.5) is 19.0 Å². The van der Waals surface area contributed by atoms with Gasteiger partial charge in [0.1, 0.15) is 11.5 Å². The second kappa shape index (κ2) is 4.89. The minimum atomic E-state index is -4.54. The number of nitrogens with zero attached hydrogens (tertiary/aromatic N) is 1. The summed E-state index contributed by atoms with van der Waals surface area (Å²) in [7, 11) is 0. The van der Waals surface area contributed by atoms with Gasteiger partial charge in [-0.3, -0.25) is 4.79 Å². The van der Waals surface area contributed by atoms with Gasteiger partial charge < -0.3 is 11.1 Å². The van der Waals surface area contributed by atoms with E-state index in [1.165, 1.54) is 0 Å². The first-order valence-electron chi connectivity index (χ1n) is 7.01. The van der Waals surface area contributed by atoms with Crippen molar-refractivity contribution in [1.82, 2.24) is 4.98 Å². The third-order valence-corrected chi connectivity index (χ3v) is 4.01. The molecule has 1 heterocycles. The number of aromatic nitrogens is 1. The Labute approximate surface area is 119 Å². The van der Waals surface area contributed by atoms with Crippen molar-refractivity contribution in [1.29, 1.82) is 0 Å². The lowest BCUT2D eigenvalue weighted by Crippen LogP contribution is -2.28. The maximum absolute atomic E-state index is 12.8. The summed E-state index contributed by atoms with van der Waals surface area (Å²) in [6.45, 7) is 0. The second-order valence-electron chi connectivity index (χ2n) is 5.80. The second-order valence-corrected chi connectivity index (χ2v) is 5.80. The van der Waals surface area contributed by atoms with Crippen molar-refractivity contribution in [3.63, 3.8) is 0 Å². The van der Waals surface area contributed by atoms with Crippen LogP contribution < -0.4 is 11.1 Å². The van der Waals surface area contributed by atoms with Gasteiger partial charge in [-0.2, -0.15) is 13.2 Å². The molecule has 2 fully saturated rings. The monoisotopic (exact) mass is 299 g/mol. The van der Waals surface area contributed by atoms with Gasteiger partial charge in [0.25, 0.3) is 5.91 Å². The molecule has 1 aromatic rings. The first kappa shape index (κ1) is 14.2. The number of carbonyl (C=O) groups excluding carboxylic acids is 1. The molecule has 0 saturated heterocycles. The maximum Gasteiger partial charge on any atom is 0.433 e. The molecule has 2 aliphatic carbocycles. The summed E-state index contributed by atoms with van der Waals surface area (Å²) in [4.78, 5) is 15.0. The van der Waals surface area contributed by atoms with Crippen LogP contribution in [0.15, 0.2) is 12.1 Å². The lowest BCUT2D eigenvalue weighted by molar-refractivity contribution is -0.141. The Morgan fingerprint density at radius 1 is 1.24 bits per heavy atom. The zero-order valence-electron chi connectivity index (χ0n) is 11.3. The largest absolute Gasteiger partial charge is 0.433 e. The van der Waals surface area contributed by atoms with Crippen LogP contribution >= 0.6 is 0 Å². The molecule has 0 aromatic carbocycles. The zero-order valence-corrected chi connectivity index (χ0v) is 11.3. The summed E-state index contributed by atoms with van der Waals surface area (Å²) in [5.41, 5.74) is 4.23. The summed E-state index contributed by atoms with van der Waals surface area (Å²) in [6.07, 6.45) is -0.266. The molecule has 0 atom stereocenters. The Bertz CT molecular complexity index is 553. The molecule has 0 aliphatic heterocycles. The summed E-state index contributed by atoms with van der Waals surface area (Å²) in [5, 5.41) is 3.05. The predicted octanol–water partition coefficient (Wildman–Crippen LogP) is 2.80. The number of nitrogens with one attached hydrogen (secondary N) is 1. The summed E-state index contributed by atoms with van der Waals surface area (Å²) < 4.78 is 38.3. The van der Waals surface area contributed by atoms with E-state index in [0.29, 0.717) is 11.8 Å². The summed E-state index contributed by atoms with van der Waals surface area (Å²) in [6, 6.07) is 1.98. The molecule has 2 aliphatic rings. The van der Waals surface area contributed by atoms with Crippen LogP contribution in [0.3, 0.4) is 0 Å². The number of hydrogen-bond donors (Lipinski definition) is 2. The van der Waals surface area contributed by atoms with Crippen LogP contribution in [0, 0.1) is 11.8 Å². The van der Waals surface area contributed by atoms with Gasteiger partial charge in [-0.05, 0) is 49.7 Å². The van der Waals surface area contributed by atoms with Crippen molar-refractivity contribution < 1.29 is 18.0 Å². The van der Waals surface area contributed by atoms with Gasteiger partial charge in [-0.15, -0.1) is 0 Å². The molecule has 1 aromatic heterocycles. The fourth-order valence-corrected chi connectivity index (χ4v) is 2.62. The van der Waals surface area contributed by atoms with Gasteiger partial charge in [0.05, 0.1) is 5.56 Å². The van der Waals surface area contributed by atoms with Crippen molar-refractivity contribution in [3.05, 3.63) is 23.4 Å². The lowest BCUT2D eigenvalue weighted by Gasteiger charge is -2.20. The van der Waals surface area contributed by atoms with E-state index in [4.69, 9.17) is 5.73 Å². The first-order chi connectivity index (χ1) is 9.86. The molecular formula is C14H16F3N3O. The molecule has 0 unspecified atom stereocenters. The van der Waals surface area contributed by atoms with Gasteiger partial charge in [-0.25, -0.2) is 4.98 Å². The van der Waals surface area contributed by atoms with E-state index < -0.39 is 17.8 Å². The molecule has 2 saturated carbocycles. The number of hydrogen-bond acceptors (Lipinski definition) is 3. The Balaban J connectivity index is 1.91. The van der Waals surface area contributed by atoms with E-state index in [1.54, 1.807) is 0 Å². The molecule has 21 heavy (non-hydrogen) atoms. The molecule has 3 rings (SSSR count). The summed E-state index contributed by atoms with van der Waals surface area (Å²) in [5.74, 6) is 0.120. The summed E-state index contributed by atoms with van der Waals surface area (Å²) >= 11 is 0. The van der Waals surface area contributed by atoms with Gasteiger partial charge >= 0.3 is 6.18 Å². The van der Waals surface area contributed by atoms with E-state index >= 15 is 0 Å². The van der Waals surface area contributed by atoms with E-state index in [1.807, 2.05) is 0 Å². The molecule has 0 spiro atoms. The normalized spacial score (nSPS) is 18.9. The van der Waals surface area contributed by atoms with Crippen LogP contribution in [0.1, 0.15) is 41.7 Å². The molecule has 0 bridgehead atoms. The topological polar surface area (TPSA) is 68.0 Å². The lowest BCUT2D eigenvalue weighted by atomic mass is 10.1. The number of amides is 1. The number of rotatable bonds is 5. The van der Waals surface area contributed by atoms with Gasteiger partial charge in [0.15, 0.2) is 0 Å². The zero-order chi connectivity index (χ0) is 15.2. The smallest absolute Gasteiger partial charge is 0.366 e. The number of primary amides is 1. The minimum absolute atomic E-state index is 0.00861. The number of pyridine rings is 1. The van der Waals surface area contributed by atoms with E-state index in [2.05, 4.69) is 10.3 Å². The van der Waals surface area contributed by atoms with Crippen molar-refractivity contribution in [3.8, 4) is 0 Å². The number of nitrogens with two attached hydrogens (primary N) is 1. The van der Waals surface area contributed by atoms with Crippen molar-refractivity contribution in [2.24, 2.45) is 17.6 Å². The van der Waals surface area contributed by atoms with Crippen molar-refractivity contribution in [2.75, 3.05) is 5.32 Å². The average Bonchev–Trinajstić information content (AvgIpc) is 3.26. The highest BCUT2D eigenvalue weighted by atomic mass is 19.4. The van der Waals surface area contributed by atoms with Gasteiger partial charge in [0, 0.05) is 6.04 Å². The third-order valence-electron chi connectivity index (χ3n) is 4.01. The molecule has 3 N–H and O–H groups in total. The van der Waals surface area contributed by atoms with Crippen LogP contribution in [0.25, 0.3) is 0 Å². The number of halogens is 3. The van der Waals surface area contributed by atoms with Gasteiger partial charge in [0.2, 0.25) is 0 Å². The molecule has 4 nitrogen and oxygen atoms in total. The Hall–Kier alpha value is -1.79. The average molecular weight is 299 g/mol. The third kappa shape index (κ3) is 3.11. The molecule has 1 amide bonds. The van der Waals surface area contributed by atoms with Crippen LogP contribution in [0.5, 0.6) is 0 Å². The van der Waals surface area contributed by atoms with E-state index in [0.717, 1.165) is 37.8 Å². The fraction of sp³-hybridized carbons (Fsp3) is 0.571. The fourth-order valence-electron chi connectivity index (χ4n) is 2.62. The van der Waals surface area contributed by atoms with E-state index in [-0.39, 0.29) is 17.4 Å². The number of carbonyl (C=O) groups is 1. The van der Waals surface area contributed by atoms with Crippen LogP contribution in [-0.4, -0.2) is 16.9 Å². The molecule has 114 valence electrons. The molecule has 0 radical (unpaired) electrons. The molecule has 7 heteroatoms. The SMILES string of the molecule is NC(=O)c1ccc(C(F)(F)F)nc1NC(C1CC1)C1CC1. The van der Waals surface area contributed by atoms with Gasteiger partial charge in [-0.1, -0.05) is 0 Å².